The molecule has 0 aliphatic heterocycles. The number of para-hydroxylation sites is 1. The highest BCUT2D eigenvalue weighted by molar-refractivity contribution is 6.32. The van der Waals surface area contributed by atoms with Crippen LogP contribution in [0.3, 0.4) is 0 Å². The van der Waals surface area contributed by atoms with Crippen molar-refractivity contribution in [2.75, 3.05) is 4.90 Å². The number of aromatic nitrogens is 1. The first kappa shape index (κ1) is 18.9. The molecule has 0 aliphatic rings. The number of anilines is 1. The molecule has 3 rings (SSSR count). The summed E-state index contributed by atoms with van der Waals surface area (Å²) in [6.07, 6.45) is 0.793. The smallest absolute Gasteiger partial charge is 0.269 e. The Morgan fingerprint density at radius 2 is 1.93 bits per heavy atom. The van der Waals surface area contributed by atoms with Crippen LogP contribution in [0.2, 0.25) is 5.02 Å². The molecule has 0 radical (unpaired) electrons. The Bertz CT molecular complexity index is 921. The van der Waals surface area contributed by atoms with Crippen LogP contribution < -0.4 is 9.64 Å². The number of amides is 1. The number of rotatable bonds is 6. The van der Waals surface area contributed by atoms with Gasteiger partial charge in [-0.25, -0.2) is 9.37 Å². The van der Waals surface area contributed by atoms with E-state index in [2.05, 4.69) is 4.98 Å². The van der Waals surface area contributed by atoms with Crippen molar-refractivity contribution < 1.29 is 13.9 Å². The SMILES string of the molecule is CC(Oc1ccccc1Cl)C(=O)N(Cc1cccc(F)c1)c1ccccn1. The molecule has 1 unspecified atom stereocenters. The largest absolute Gasteiger partial charge is 0.479 e. The van der Waals surface area contributed by atoms with Gasteiger partial charge in [0.1, 0.15) is 17.4 Å². The molecule has 0 aliphatic carbocycles. The number of ether oxygens (including phenoxy) is 1. The molecule has 0 spiro atoms. The van der Waals surface area contributed by atoms with E-state index in [1.807, 2.05) is 0 Å². The third kappa shape index (κ3) is 4.83. The molecule has 4 nitrogen and oxygen atoms in total. The molecule has 1 heterocycles. The molecule has 1 amide bonds. The van der Waals surface area contributed by atoms with Crippen LogP contribution in [-0.4, -0.2) is 17.0 Å². The van der Waals surface area contributed by atoms with E-state index in [-0.39, 0.29) is 18.3 Å². The lowest BCUT2D eigenvalue weighted by molar-refractivity contribution is -0.124. The van der Waals surface area contributed by atoms with Gasteiger partial charge in [0.2, 0.25) is 0 Å². The topological polar surface area (TPSA) is 42.4 Å². The fraction of sp³-hybridized carbons (Fsp3) is 0.143. The van der Waals surface area contributed by atoms with E-state index in [0.29, 0.717) is 22.2 Å². The van der Waals surface area contributed by atoms with E-state index in [0.717, 1.165) is 0 Å². The van der Waals surface area contributed by atoms with Crippen LogP contribution in [0.25, 0.3) is 0 Å². The molecule has 2 aromatic carbocycles. The maximum Gasteiger partial charge on any atom is 0.269 e. The van der Waals surface area contributed by atoms with E-state index < -0.39 is 6.10 Å². The molecule has 27 heavy (non-hydrogen) atoms. The number of benzene rings is 2. The zero-order valence-corrected chi connectivity index (χ0v) is 15.4. The molecule has 6 heteroatoms. The highest BCUT2D eigenvalue weighted by atomic mass is 35.5. The summed E-state index contributed by atoms with van der Waals surface area (Å²) in [4.78, 5) is 18.8. The first-order chi connectivity index (χ1) is 13.0. The number of hydrogen-bond acceptors (Lipinski definition) is 3. The fourth-order valence-electron chi connectivity index (χ4n) is 2.60. The highest BCUT2D eigenvalue weighted by Crippen LogP contribution is 2.25. The number of pyridine rings is 1. The minimum atomic E-state index is -0.805. The van der Waals surface area contributed by atoms with E-state index in [1.54, 1.807) is 67.7 Å². The Labute approximate surface area is 162 Å². The van der Waals surface area contributed by atoms with Gasteiger partial charge in [0, 0.05) is 6.20 Å². The zero-order chi connectivity index (χ0) is 19.2. The summed E-state index contributed by atoms with van der Waals surface area (Å²) >= 11 is 6.11. The minimum Gasteiger partial charge on any atom is -0.479 e. The predicted molar refractivity (Wildman–Crippen MR) is 103 cm³/mol. The van der Waals surface area contributed by atoms with E-state index in [4.69, 9.17) is 16.3 Å². The lowest BCUT2D eigenvalue weighted by atomic mass is 10.2. The maximum absolute atomic E-state index is 13.6. The number of halogens is 2. The fourth-order valence-corrected chi connectivity index (χ4v) is 2.78. The Morgan fingerprint density at radius 3 is 2.63 bits per heavy atom. The first-order valence-electron chi connectivity index (χ1n) is 8.42. The lowest BCUT2D eigenvalue weighted by Crippen LogP contribution is -2.40. The van der Waals surface area contributed by atoms with Gasteiger partial charge in [-0.15, -0.1) is 0 Å². The summed E-state index contributed by atoms with van der Waals surface area (Å²) < 4.78 is 19.3. The van der Waals surface area contributed by atoms with E-state index in [9.17, 15) is 9.18 Å². The number of hydrogen-bond donors (Lipinski definition) is 0. The lowest BCUT2D eigenvalue weighted by Gasteiger charge is -2.25. The molecular formula is C21H18ClFN2O2. The monoisotopic (exact) mass is 384 g/mol. The van der Waals surface area contributed by atoms with Crippen LogP contribution in [0.15, 0.2) is 72.9 Å². The van der Waals surface area contributed by atoms with Gasteiger partial charge in [0.25, 0.3) is 5.91 Å². The Balaban J connectivity index is 1.85. The Hall–Kier alpha value is -2.92. The molecule has 0 saturated carbocycles. The molecular weight excluding hydrogens is 367 g/mol. The average molecular weight is 385 g/mol. The molecule has 0 N–H and O–H groups in total. The second kappa shape index (κ2) is 8.64. The predicted octanol–water partition coefficient (Wildman–Crippen LogP) is 4.87. The van der Waals surface area contributed by atoms with Crippen molar-refractivity contribution in [3.63, 3.8) is 0 Å². The van der Waals surface area contributed by atoms with Crippen LogP contribution in [0.4, 0.5) is 10.2 Å². The second-order valence-electron chi connectivity index (χ2n) is 5.93. The van der Waals surface area contributed by atoms with Crippen molar-refractivity contribution >= 4 is 23.3 Å². The van der Waals surface area contributed by atoms with Crippen molar-refractivity contribution in [1.29, 1.82) is 0 Å². The van der Waals surface area contributed by atoms with Gasteiger partial charge in [-0.1, -0.05) is 41.9 Å². The van der Waals surface area contributed by atoms with Gasteiger partial charge in [-0.05, 0) is 48.9 Å². The summed E-state index contributed by atoms with van der Waals surface area (Å²) in [5.41, 5.74) is 0.652. The summed E-state index contributed by atoms with van der Waals surface area (Å²) in [5.74, 6) is 0.215. The van der Waals surface area contributed by atoms with Gasteiger partial charge in [-0.3, -0.25) is 9.69 Å². The van der Waals surface area contributed by atoms with Crippen molar-refractivity contribution in [1.82, 2.24) is 4.98 Å². The van der Waals surface area contributed by atoms with Gasteiger partial charge in [0.15, 0.2) is 6.10 Å². The quantitative estimate of drug-likeness (QED) is 0.608. The molecule has 0 bridgehead atoms. The second-order valence-corrected chi connectivity index (χ2v) is 6.34. The van der Waals surface area contributed by atoms with Crippen LogP contribution in [0.5, 0.6) is 5.75 Å². The number of nitrogens with zero attached hydrogens (tertiary/aromatic N) is 2. The van der Waals surface area contributed by atoms with Gasteiger partial charge in [-0.2, -0.15) is 0 Å². The van der Waals surface area contributed by atoms with Crippen LogP contribution in [0, 0.1) is 5.82 Å². The van der Waals surface area contributed by atoms with Crippen LogP contribution >= 0.6 is 11.6 Å². The van der Waals surface area contributed by atoms with E-state index in [1.165, 1.54) is 17.0 Å². The summed E-state index contributed by atoms with van der Waals surface area (Å²) in [5, 5.41) is 0.423. The summed E-state index contributed by atoms with van der Waals surface area (Å²) in [7, 11) is 0. The molecule has 138 valence electrons. The molecule has 1 aromatic heterocycles. The number of carbonyl (C=O) groups excluding carboxylic acids is 1. The number of carbonyl (C=O) groups is 1. The third-order valence-corrected chi connectivity index (χ3v) is 4.22. The highest BCUT2D eigenvalue weighted by Gasteiger charge is 2.25. The van der Waals surface area contributed by atoms with Crippen molar-refractivity contribution in [2.45, 2.75) is 19.6 Å². The van der Waals surface area contributed by atoms with Crippen molar-refractivity contribution in [2.24, 2.45) is 0 Å². The molecule has 0 saturated heterocycles. The Kier molecular flexibility index (Phi) is 6.04. The van der Waals surface area contributed by atoms with Crippen molar-refractivity contribution in [3.8, 4) is 5.75 Å². The van der Waals surface area contributed by atoms with Crippen LogP contribution in [0.1, 0.15) is 12.5 Å². The normalized spacial score (nSPS) is 11.7. The Morgan fingerprint density at radius 1 is 1.15 bits per heavy atom. The van der Waals surface area contributed by atoms with Gasteiger partial charge >= 0.3 is 0 Å². The standard InChI is InChI=1S/C21H18ClFN2O2/c1-15(27-19-10-3-2-9-18(19)22)21(26)25(20-11-4-5-12-24-20)14-16-7-6-8-17(23)13-16/h2-13,15H,14H2,1H3. The van der Waals surface area contributed by atoms with E-state index >= 15 is 0 Å². The average Bonchev–Trinajstić information content (AvgIpc) is 2.68. The van der Waals surface area contributed by atoms with Gasteiger partial charge in [0.05, 0.1) is 11.6 Å². The third-order valence-electron chi connectivity index (χ3n) is 3.91. The molecule has 1 atom stereocenters. The summed E-state index contributed by atoms with van der Waals surface area (Å²) in [6.45, 7) is 1.82. The zero-order valence-electron chi connectivity index (χ0n) is 14.7. The maximum atomic E-state index is 13.6. The summed E-state index contributed by atoms with van der Waals surface area (Å²) in [6, 6.07) is 18.3. The first-order valence-corrected chi connectivity index (χ1v) is 8.80. The van der Waals surface area contributed by atoms with Crippen molar-refractivity contribution in [3.05, 3.63) is 89.3 Å². The molecule has 0 fully saturated rings. The minimum absolute atomic E-state index is 0.170. The van der Waals surface area contributed by atoms with Crippen LogP contribution in [-0.2, 0) is 11.3 Å². The van der Waals surface area contributed by atoms with Gasteiger partial charge < -0.3 is 4.74 Å². The molecule has 3 aromatic rings.